The molecule has 0 atom stereocenters. The molecule has 0 saturated carbocycles. The molecule has 3 heteroatoms. The highest BCUT2D eigenvalue weighted by Gasteiger charge is 2.29. The lowest BCUT2D eigenvalue weighted by Gasteiger charge is -2.19. The molecule has 0 bridgehead atoms. The number of rotatable bonds is 1. The zero-order valence-corrected chi connectivity index (χ0v) is 8.45. The first-order chi connectivity index (χ1) is 6.61. The largest absolute Gasteiger partial charge is 0.398 e. The predicted octanol–water partition coefficient (Wildman–Crippen LogP) is 1.63. The summed E-state index contributed by atoms with van der Waals surface area (Å²) in [5.74, 6) is 0.0994. The van der Waals surface area contributed by atoms with E-state index in [2.05, 4.69) is 0 Å². The van der Waals surface area contributed by atoms with E-state index in [0.717, 1.165) is 16.8 Å². The minimum absolute atomic E-state index is 0.0994. The van der Waals surface area contributed by atoms with Crippen LogP contribution in [-0.2, 0) is 6.54 Å². The van der Waals surface area contributed by atoms with Gasteiger partial charge in [0.25, 0.3) is 5.91 Å². The lowest BCUT2D eigenvalue weighted by molar-refractivity contribution is 0.0731. The number of nitrogens with zero attached hydrogens (tertiary/aromatic N) is 1. The van der Waals surface area contributed by atoms with Crippen LogP contribution in [0.3, 0.4) is 0 Å². The number of anilines is 1. The first kappa shape index (κ1) is 9.06. The van der Waals surface area contributed by atoms with Crippen molar-refractivity contribution in [3.63, 3.8) is 0 Å². The van der Waals surface area contributed by atoms with Gasteiger partial charge in [0, 0.05) is 29.4 Å². The third kappa shape index (κ3) is 1.16. The minimum atomic E-state index is 0.0994. The summed E-state index contributed by atoms with van der Waals surface area (Å²) in [6, 6.07) is 5.75. The Morgan fingerprint density at radius 1 is 1.43 bits per heavy atom. The molecule has 0 unspecified atom stereocenters. The van der Waals surface area contributed by atoms with Gasteiger partial charge in [0.2, 0.25) is 0 Å². The van der Waals surface area contributed by atoms with Gasteiger partial charge in [0.15, 0.2) is 0 Å². The van der Waals surface area contributed by atoms with E-state index in [9.17, 15) is 4.79 Å². The van der Waals surface area contributed by atoms with Gasteiger partial charge in [-0.1, -0.05) is 6.07 Å². The molecule has 1 aromatic rings. The molecule has 74 valence electrons. The molecule has 3 nitrogen and oxygen atoms in total. The third-order valence-electron chi connectivity index (χ3n) is 2.66. The highest BCUT2D eigenvalue weighted by atomic mass is 16.2. The quantitative estimate of drug-likeness (QED) is 0.684. The number of fused-ring (bicyclic) bond motifs is 1. The number of hydrogen-bond donors (Lipinski definition) is 1. The number of nitrogens with two attached hydrogens (primary N) is 1. The number of hydrogen-bond acceptors (Lipinski definition) is 2. The Kier molecular flexibility index (Phi) is 1.95. The molecule has 0 radical (unpaired) electrons. The van der Waals surface area contributed by atoms with E-state index in [1.807, 2.05) is 36.9 Å². The second kappa shape index (κ2) is 3.01. The highest BCUT2D eigenvalue weighted by molar-refractivity contribution is 6.00. The van der Waals surface area contributed by atoms with E-state index < -0.39 is 0 Å². The summed E-state index contributed by atoms with van der Waals surface area (Å²) >= 11 is 0. The molecule has 1 aliphatic heterocycles. The van der Waals surface area contributed by atoms with Crippen LogP contribution in [0.25, 0.3) is 0 Å². The predicted molar refractivity (Wildman–Crippen MR) is 55.9 cm³/mol. The Morgan fingerprint density at radius 2 is 2.14 bits per heavy atom. The summed E-state index contributed by atoms with van der Waals surface area (Å²) in [4.78, 5) is 13.7. The topological polar surface area (TPSA) is 46.3 Å². The van der Waals surface area contributed by atoms with Crippen LogP contribution in [0.2, 0.25) is 0 Å². The Balaban J connectivity index is 2.45. The average Bonchev–Trinajstić information content (AvgIpc) is 2.46. The van der Waals surface area contributed by atoms with Crippen molar-refractivity contribution in [3.8, 4) is 0 Å². The lowest BCUT2D eigenvalue weighted by Crippen LogP contribution is -2.30. The fourth-order valence-electron chi connectivity index (χ4n) is 1.80. The monoisotopic (exact) mass is 190 g/mol. The molecule has 1 aromatic carbocycles. The van der Waals surface area contributed by atoms with Gasteiger partial charge in [-0.2, -0.15) is 0 Å². The van der Waals surface area contributed by atoms with E-state index in [-0.39, 0.29) is 11.9 Å². The summed E-state index contributed by atoms with van der Waals surface area (Å²) in [5, 5.41) is 0. The van der Waals surface area contributed by atoms with Gasteiger partial charge < -0.3 is 10.6 Å². The van der Waals surface area contributed by atoms with Crippen LogP contribution in [-0.4, -0.2) is 16.8 Å². The van der Waals surface area contributed by atoms with Crippen LogP contribution < -0.4 is 5.73 Å². The van der Waals surface area contributed by atoms with Crippen molar-refractivity contribution in [2.24, 2.45) is 0 Å². The molecule has 1 heterocycles. The van der Waals surface area contributed by atoms with E-state index in [4.69, 9.17) is 5.73 Å². The fourth-order valence-corrected chi connectivity index (χ4v) is 1.80. The van der Waals surface area contributed by atoms with Crippen LogP contribution in [0.4, 0.5) is 5.69 Å². The molecule has 0 saturated heterocycles. The molecule has 2 rings (SSSR count). The van der Waals surface area contributed by atoms with Crippen LogP contribution in [0.1, 0.15) is 29.8 Å². The summed E-state index contributed by atoms with van der Waals surface area (Å²) < 4.78 is 0. The van der Waals surface area contributed by atoms with Gasteiger partial charge in [-0.15, -0.1) is 0 Å². The van der Waals surface area contributed by atoms with Crippen LogP contribution >= 0.6 is 0 Å². The molecule has 0 aliphatic carbocycles. The molecule has 2 N–H and O–H groups in total. The Labute approximate surface area is 83.5 Å². The number of benzene rings is 1. The summed E-state index contributed by atoms with van der Waals surface area (Å²) in [6.45, 7) is 4.68. The fraction of sp³-hybridized carbons (Fsp3) is 0.364. The van der Waals surface area contributed by atoms with Crippen LogP contribution in [0, 0.1) is 0 Å². The SMILES string of the molecule is CC(C)N1Cc2c(N)cccc2C1=O. The number of carbonyl (C=O) groups is 1. The molecule has 1 aliphatic rings. The lowest BCUT2D eigenvalue weighted by atomic mass is 10.1. The van der Waals surface area contributed by atoms with E-state index >= 15 is 0 Å². The van der Waals surface area contributed by atoms with Gasteiger partial charge in [0.05, 0.1) is 0 Å². The van der Waals surface area contributed by atoms with Gasteiger partial charge in [-0.3, -0.25) is 4.79 Å². The maximum atomic E-state index is 11.9. The van der Waals surface area contributed by atoms with Crippen molar-refractivity contribution in [2.45, 2.75) is 26.4 Å². The molecule has 0 fully saturated rings. The maximum absolute atomic E-state index is 11.9. The Morgan fingerprint density at radius 3 is 2.71 bits per heavy atom. The van der Waals surface area contributed by atoms with Crippen molar-refractivity contribution >= 4 is 11.6 Å². The second-order valence-corrected chi connectivity index (χ2v) is 3.90. The van der Waals surface area contributed by atoms with E-state index in [0.29, 0.717) is 6.54 Å². The van der Waals surface area contributed by atoms with Gasteiger partial charge in [-0.25, -0.2) is 0 Å². The van der Waals surface area contributed by atoms with Crippen molar-refractivity contribution in [3.05, 3.63) is 29.3 Å². The van der Waals surface area contributed by atoms with Crippen molar-refractivity contribution < 1.29 is 4.79 Å². The van der Waals surface area contributed by atoms with Crippen LogP contribution in [0.5, 0.6) is 0 Å². The average molecular weight is 190 g/mol. The molecule has 0 aromatic heterocycles. The van der Waals surface area contributed by atoms with Crippen molar-refractivity contribution in [1.82, 2.24) is 4.90 Å². The number of amides is 1. The van der Waals surface area contributed by atoms with E-state index in [1.165, 1.54) is 0 Å². The molecule has 1 amide bonds. The number of nitrogen functional groups attached to an aromatic ring is 1. The standard InChI is InChI=1S/C11H14N2O/c1-7(2)13-6-9-8(11(13)14)4-3-5-10(9)12/h3-5,7H,6,12H2,1-2H3. The van der Waals surface area contributed by atoms with Crippen molar-refractivity contribution in [2.75, 3.05) is 5.73 Å². The van der Waals surface area contributed by atoms with Gasteiger partial charge >= 0.3 is 0 Å². The van der Waals surface area contributed by atoms with E-state index in [1.54, 1.807) is 0 Å². The van der Waals surface area contributed by atoms with Crippen LogP contribution in [0.15, 0.2) is 18.2 Å². The molecule has 14 heavy (non-hydrogen) atoms. The van der Waals surface area contributed by atoms with Gasteiger partial charge in [-0.05, 0) is 26.0 Å². The maximum Gasteiger partial charge on any atom is 0.254 e. The van der Waals surface area contributed by atoms with Gasteiger partial charge in [0.1, 0.15) is 0 Å². The first-order valence-corrected chi connectivity index (χ1v) is 4.79. The summed E-state index contributed by atoms with van der Waals surface area (Å²) in [7, 11) is 0. The second-order valence-electron chi connectivity index (χ2n) is 3.90. The zero-order valence-electron chi connectivity index (χ0n) is 8.45. The Bertz CT molecular complexity index is 385. The minimum Gasteiger partial charge on any atom is -0.398 e. The first-order valence-electron chi connectivity index (χ1n) is 4.79. The summed E-state index contributed by atoms with van der Waals surface area (Å²) in [6.07, 6.45) is 0. The molecule has 0 spiro atoms. The third-order valence-corrected chi connectivity index (χ3v) is 2.66. The number of carbonyl (C=O) groups excluding carboxylic acids is 1. The molecular weight excluding hydrogens is 176 g/mol. The smallest absolute Gasteiger partial charge is 0.254 e. The Hall–Kier alpha value is -1.51. The summed E-state index contributed by atoms with van der Waals surface area (Å²) in [5.41, 5.74) is 8.28. The zero-order chi connectivity index (χ0) is 10.3. The normalized spacial score (nSPS) is 15.1. The highest BCUT2D eigenvalue weighted by Crippen LogP contribution is 2.28. The molecular formula is C11H14N2O. The van der Waals surface area contributed by atoms with Crippen molar-refractivity contribution in [1.29, 1.82) is 0 Å².